The van der Waals surface area contributed by atoms with Crippen molar-refractivity contribution in [3.8, 4) is 16.2 Å². The molecule has 0 unspecified atom stereocenters. The standard InChI is InChI=1S/C13H15BrN2OS/c1-2-3-6-17-11-5-4-9(7-10(11)14)12-8-16-13(15)18-12/h4-5,7-8H,2-3,6H2,1H3,(H2,15,16). The Morgan fingerprint density at radius 1 is 1.44 bits per heavy atom. The first-order valence-corrected chi connectivity index (χ1v) is 7.45. The number of ether oxygens (including phenoxy) is 1. The third-order valence-electron chi connectivity index (χ3n) is 2.50. The Morgan fingerprint density at radius 2 is 2.28 bits per heavy atom. The van der Waals surface area contributed by atoms with Crippen LogP contribution in [0.5, 0.6) is 5.75 Å². The number of nitrogen functional groups attached to an aromatic ring is 1. The van der Waals surface area contributed by atoms with E-state index < -0.39 is 0 Å². The monoisotopic (exact) mass is 326 g/mol. The maximum Gasteiger partial charge on any atom is 0.180 e. The van der Waals surface area contributed by atoms with Crippen LogP contribution in [-0.4, -0.2) is 11.6 Å². The summed E-state index contributed by atoms with van der Waals surface area (Å²) >= 11 is 5.01. The van der Waals surface area contributed by atoms with Gasteiger partial charge in [0, 0.05) is 6.20 Å². The summed E-state index contributed by atoms with van der Waals surface area (Å²) in [5, 5.41) is 0.587. The molecule has 0 aliphatic heterocycles. The first-order chi connectivity index (χ1) is 8.70. The molecule has 0 spiro atoms. The summed E-state index contributed by atoms with van der Waals surface area (Å²) in [5.41, 5.74) is 6.73. The molecule has 1 aromatic heterocycles. The van der Waals surface area contributed by atoms with Crippen molar-refractivity contribution >= 4 is 32.4 Å². The van der Waals surface area contributed by atoms with Crippen LogP contribution in [0.1, 0.15) is 19.8 Å². The van der Waals surface area contributed by atoms with Crippen molar-refractivity contribution in [2.24, 2.45) is 0 Å². The fourth-order valence-corrected chi connectivity index (χ4v) is 2.69. The number of halogens is 1. The summed E-state index contributed by atoms with van der Waals surface area (Å²) in [4.78, 5) is 5.12. The van der Waals surface area contributed by atoms with Gasteiger partial charge in [0.1, 0.15) is 5.75 Å². The van der Waals surface area contributed by atoms with Gasteiger partial charge in [-0.3, -0.25) is 0 Å². The molecule has 0 atom stereocenters. The second kappa shape index (κ2) is 6.20. The van der Waals surface area contributed by atoms with Crippen LogP contribution in [-0.2, 0) is 0 Å². The van der Waals surface area contributed by atoms with Crippen LogP contribution in [0, 0.1) is 0 Å². The minimum atomic E-state index is 0.587. The number of rotatable bonds is 5. The van der Waals surface area contributed by atoms with Crippen LogP contribution < -0.4 is 10.5 Å². The van der Waals surface area contributed by atoms with E-state index in [4.69, 9.17) is 10.5 Å². The summed E-state index contributed by atoms with van der Waals surface area (Å²) in [6.07, 6.45) is 3.99. The highest BCUT2D eigenvalue weighted by Crippen LogP contribution is 2.33. The molecule has 0 saturated carbocycles. The van der Waals surface area contributed by atoms with E-state index in [2.05, 4.69) is 27.8 Å². The highest BCUT2D eigenvalue weighted by Gasteiger charge is 2.06. The third kappa shape index (κ3) is 3.23. The Labute approximate surface area is 119 Å². The molecule has 2 aromatic rings. The van der Waals surface area contributed by atoms with Gasteiger partial charge in [0.2, 0.25) is 0 Å². The number of nitrogens with two attached hydrogens (primary N) is 1. The van der Waals surface area contributed by atoms with Crippen LogP contribution >= 0.6 is 27.3 Å². The molecule has 1 aromatic carbocycles. The molecule has 0 saturated heterocycles. The van der Waals surface area contributed by atoms with Crippen molar-refractivity contribution in [1.29, 1.82) is 0 Å². The second-order valence-corrected chi connectivity index (χ2v) is 5.83. The number of anilines is 1. The van der Waals surface area contributed by atoms with Crippen molar-refractivity contribution in [2.45, 2.75) is 19.8 Å². The molecule has 0 amide bonds. The van der Waals surface area contributed by atoms with E-state index in [0.29, 0.717) is 5.13 Å². The van der Waals surface area contributed by atoms with Gasteiger partial charge in [0.05, 0.1) is 16.0 Å². The molecule has 96 valence electrons. The quantitative estimate of drug-likeness (QED) is 0.831. The zero-order valence-electron chi connectivity index (χ0n) is 10.1. The number of thiazole rings is 1. The van der Waals surface area contributed by atoms with Crippen molar-refractivity contribution in [2.75, 3.05) is 12.3 Å². The highest BCUT2D eigenvalue weighted by atomic mass is 79.9. The summed E-state index contributed by atoms with van der Waals surface area (Å²) in [7, 11) is 0. The van der Waals surface area contributed by atoms with E-state index in [1.54, 1.807) is 6.20 Å². The zero-order valence-corrected chi connectivity index (χ0v) is 12.6. The molecule has 0 bridgehead atoms. The molecular weight excluding hydrogens is 312 g/mol. The molecule has 0 fully saturated rings. The van der Waals surface area contributed by atoms with E-state index in [1.807, 2.05) is 18.2 Å². The Balaban J connectivity index is 2.14. The molecule has 2 N–H and O–H groups in total. The lowest BCUT2D eigenvalue weighted by molar-refractivity contribution is 0.307. The van der Waals surface area contributed by atoms with Gasteiger partial charge >= 0.3 is 0 Å². The fraction of sp³-hybridized carbons (Fsp3) is 0.308. The lowest BCUT2D eigenvalue weighted by Crippen LogP contribution is -1.96. The Hall–Kier alpha value is -1.07. The van der Waals surface area contributed by atoms with E-state index in [0.717, 1.165) is 40.1 Å². The van der Waals surface area contributed by atoms with Crippen molar-refractivity contribution in [3.05, 3.63) is 28.9 Å². The van der Waals surface area contributed by atoms with Crippen molar-refractivity contribution in [1.82, 2.24) is 4.98 Å². The van der Waals surface area contributed by atoms with Gasteiger partial charge in [-0.15, -0.1) is 0 Å². The molecular formula is C13H15BrN2OS. The first-order valence-electron chi connectivity index (χ1n) is 5.84. The molecule has 18 heavy (non-hydrogen) atoms. The summed E-state index contributed by atoms with van der Waals surface area (Å²) in [6, 6.07) is 6.04. The number of nitrogens with zero attached hydrogens (tertiary/aromatic N) is 1. The molecule has 2 rings (SSSR count). The van der Waals surface area contributed by atoms with Crippen LogP contribution in [0.3, 0.4) is 0 Å². The van der Waals surface area contributed by atoms with E-state index >= 15 is 0 Å². The van der Waals surface area contributed by atoms with E-state index in [-0.39, 0.29) is 0 Å². The third-order valence-corrected chi connectivity index (χ3v) is 3.99. The average Bonchev–Trinajstić information content (AvgIpc) is 2.78. The highest BCUT2D eigenvalue weighted by molar-refractivity contribution is 9.10. The Bertz CT molecular complexity index is 527. The van der Waals surface area contributed by atoms with Gasteiger partial charge in [-0.1, -0.05) is 24.7 Å². The molecule has 1 heterocycles. The SMILES string of the molecule is CCCCOc1ccc(-c2cnc(N)s2)cc1Br. The first kappa shape index (κ1) is 13.4. The Morgan fingerprint density at radius 3 is 2.89 bits per heavy atom. The molecule has 0 aliphatic rings. The van der Waals surface area contributed by atoms with Crippen LogP contribution in [0.15, 0.2) is 28.9 Å². The number of aromatic nitrogens is 1. The number of hydrogen-bond donors (Lipinski definition) is 1. The minimum absolute atomic E-state index is 0.587. The minimum Gasteiger partial charge on any atom is -0.492 e. The number of benzene rings is 1. The maximum atomic E-state index is 5.69. The normalized spacial score (nSPS) is 10.6. The predicted octanol–water partition coefficient (Wildman–Crippen LogP) is 4.33. The second-order valence-electron chi connectivity index (χ2n) is 3.91. The largest absolute Gasteiger partial charge is 0.492 e. The van der Waals surface area contributed by atoms with Crippen LogP contribution in [0.4, 0.5) is 5.13 Å². The van der Waals surface area contributed by atoms with Gasteiger partial charge in [0.25, 0.3) is 0 Å². The van der Waals surface area contributed by atoms with E-state index in [1.165, 1.54) is 11.3 Å². The van der Waals surface area contributed by atoms with Gasteiger partial charge < -0.3 is 10.5 Å². The summed E-state index contributed by atoms with van der Waals surface area (Å²) in [6.45, 7) is 2.90. The average molecular weight is 327 g/mol. The molecule has 0 radical (unpaired) electrons. The van der Waals surface area contributed by atoms with Gasteiger partial charge in [-0.25, -0.2) is 4.98 Å². The van der Waals surface area contributed by atoms with E-state index in [9.17, 15) is 0 Å². The lowest BCUT2D eigenvalue weighted by atomic mass is 10.2. The van der Waals surface area contributed by atoms with Crippen molar-refractivity contribution in [3.63, 3.8) is 0 Å². The molecule has 3 nitrogen and oxygen atoms in total. The van der Waals surface area contributed by atoms with Crippen LogP contribution in [0.2, 0.25) is 0 Å². The number of hydrogen-bond acceptors (Lipinski definition) is 4. The summed E-state index contributed by atoms with van der Waals surface area (Å²) < 4.78 is 6.65. The van der Waals surface area contributed by atoms with Crippen molar-refractivity contribution < 1.29 is 4.74 Å². The van der Waals surface area contributed by atoms with Gasteiger partial charge in [-0.05, 0) is 46.1 Å². The smallest absolute Gasteiger partial charge is 0.180 e. The molecule has 5 heteroatoms. The number of unbranched alkanes of at least 4 members (excludes halogenated alkanes) is 1. The zero-order chi connectivity index (χ0) is 13.0. The predicted molar refractivity (Wildman–Crippen MR) is 80.1 cm³/mol. The van der Waals surface area contributed by atoms with Gasteiger partial charge in [0.15, 0.2) is 5.13 Å². The topological polar surface area (TPSA) is 48.1 Å². The lowest BCUT2D eigenvalue weighted by Gasteiger charge is -2.08. The molecule has 0 aliphatic carbocycles. The Kier molecular flexibility index (Phi) is 4.60. The fourth-order valence-electron chi connectivity index (χ4n) is 1.52. The van der Waals surface area contributed by atoms with Crippen LogP contribution in [0.25, 0.3) is 10.4 Å². The van der Waals surface area contributed by atoms with Gasteiger partial charge in [-0.2, -0.15) is 0 Å². The summed E-state index contributed by atoms with van der Waals surface area (Å²) in [5.74, 6) is 0.879. The maximum absolute atomic E-state index is 5.69.